The Morgan fingerprint density at radius 1 is 0.983 bits per heavy atom. The minimum Gasteiger partial charge on any atom is -0.461 e. The Morgan fingerprint density at radius 2 is 1.72 bits per heavy atom. The van der Waals surface area contributed by atoms with Gasteiger partial charge in [0.1, 0.15) is 29.5 Å². The van der Waals surface area contributed by atoms with E-state index in [9.17, 15) is 19.2 Å². The quantitative estimate of drug-likeness (QED) is 0.126. The number of carbonyl (C=O) groups is 1. The molecule has 2 aromatic carbocycles. The van der Waals surface area contributed by atoms with Crippen molar-refractivity contribution < 1.29 is 23.0 Å². The monoisotopic (exact) mass is 847 g/mol. The summed E-state index contributed by atoms with van der Waals surface area (Å²) in [6, 6.07) is 8.22. The molecular formula is C41H53Cl2F2N7O6. The molecule has 58 heavy (non-hydrogen) atoms. The molecular weight excluding hydrogens is 795 g/mol. The van der Waals surface area contributed by atoms with E-state index in [1.807, 2.05) is 32.0 Å². The predicted molar refractivity (Wildman–Crippen MR) is 226 cm³/mol. The van der Waals surface area contributed by atoms with Crippen LogP contribution in [-0.4, -0.2) is 102 Å². The highest BCUT2D eigenvalue weighted by molar-refractivity contribution is 5.95. The van der Waals surface area contributed by atoms with E-state index in [2.05, 4.69) is 27.0 Å². The van der Waals surface area contributed by atoms with Crippen molar-refractivity contribution in [3.63, 3.8) is 0 Å². The summed E-state index contributed by atoms with van der Waals surface area (Å²) in [4.78, 5) is 61.1. The zero-order valence-corrected chi connectivity index (χ0v) is 34.8. The lowest BCUT2D eigenvalue weighted by Crippen LogP contribution is -2.52. The molecule has 0 amide bonds. The molecule has 13 nitrogen and oxygen atoms in total. The third-order valence-corrected chi connectivity index (χ3v) is 11.3. The van der Waals surface area contributed by atoms with Crippen LogP contribution in [0.1, 0.15) is 67.1 Å². The van der Waals surface area contributed by atoms with E-state index < -0.39 is 28.7 Å². The van der Waals surface area contributed by atoms with Crippen LogP contribution in [0.3, 0.4) is 0 Å². The van der Waals surface area contributed by atoms with Gasteiger partial charge in [0.2, 0.25) is 5.43 Å². The van der Waals surface area contributed by atoms with Gasteiger partial charge in [0.15, 0.2) is 5.82 Å². The lowest BCUT2D eigenvalue weighted by molar-refractivity contribution is 0.0195. The van der Waals surface area contributed by atoms with Gasteiger partial charge < -0.3 is 24.3 Å². The largest absolute Gasteiger partial charge is 0.461 e. The van der Waals surface area contributed by atoms with Gasteiger partial charge >= 0.3 is 11.7 Å². The highest BCUT2D eigenvalue weighted by atomic mass is 35.5. The van der Waals surface area contributed by atoms with E-state index in [0.29, 0.717) is 64.6 Å². The zero-order chi connectivity index (χ0) is 39.5. The van der Waals surface area contributed by atoms with Crippen LogP contribution in [0.25, 0.3) is 10.9 Å². The maximum absolute atomic E-state index is 16.5. The lowest BCUT2D eigenvalue weighted by atomic mass is 10.1. The van der Waals surface area contributed by atoms with Gasteiger partial charge in [-0.25, -0.2) is 18.4 Å². The molecule has 2 N–H and O–H groups in total. The van der Waals surface area contributed by atoms with E-state index in [1.165, 1.54) is 28.0 Å². The van der Waals surface area contributed by atoms with Crippen LogP contribution in [0.2, 0.25) is 0 Å². The van der Waals surface area contributed by atoms with Crippen LogP contribution >= 0.6 is 24.8 Å². The first-order chi connectivity index (χ1) is 27.0. The molecule has 3 fully saturated rings. The van der Waals surface area contributed by atoms with Gasteiger partial charge in [0, 0.05) is 75.8 Å². The second kappa shape index (κ2) is 19.6. The van der Waals surface area contributed by atoms with Crippen LogP contribution in [0.4, 0.5) is 26.0 Å². The highest BCUT2D eigenvalue weighted by Crippen LogP contribution is 2.40. The lowest BCUT2D eigenvalue weighted by Gasteiger charge is -2.41. The number of hydrogen-bond acceptors (Lipinski definition) is 10. The Hall–Kier alpha value is -4.28. The molecule has 2 aromatic heterocycles. The molecule has 1 unspecified atom stereocenters. The average molecular weight is 849 g/mol. The summed E-state index contributed by atoms with van der Waals surface area (Å²) >= 11 is 0. The summed E-state index contributed by atoms with van der Waals surface area (Å²) in [5.41, 5.74) is 1.14. The van der Waals surface area contributed by atoms with Crippen molar-refractivity contribution in [1.29, 1.82) is 0 Å². The number of esters is 1. The van der Waals surface area contributed by atoms with Gasteiger partial charge in [-0.2, -0.15) is 0 Å². The van der Waals surface area contributed by atoms with E-state index in [4.69, 9.17) is 9.47 Å². The van der Waals surface area contributed by atoms with Crippen molar-refractivity contribution in [2.75, 3.05) is 75.9 Å². The molecule has 1 saturated carbocycles. The maximum Gasteiger partial charge on any atom is 0.343 e. The van der Waals surface area contributed by atoms with E-state index >= 15 is 8.78 Å². The first-order valence-corrected chi connectivity index (χ1v) is 19.8. The topological polar surface area (TPSA) is 134 Å². The number of aromatic amines is 1. The Kier molecular flexibility index (Phi) is 15.2. The number of piperazine rings is 1. The van der Waals surface area contributed by atoms with Crippen molar-refractivity contribution in [3.05, 3.63) is 95.9 Å². The molecule has 1 atom stereocenters. The van der Waals surface area contributed by atoms with Crippen LogP contribution in [0.15, 0.2) is 50.9 Å². The average Bonchev–Trinajstić information content (AvgIpc) is 4.02. The number of ether oxygens (including phenoxy) is 2. The molecule has 7 rings (SSSR count). The molecule has 0 spiro atoms. The number of H-pyrrole nitrogens is 1. The second-order valence-electron chi connectivity index (χ2n) is 15.2. The van der Waals surface area contributed by atoms with Gasteiger partial charge in [0.05, 0.1) is 24.1 Å². The first-order valence-electron chi connectivity index (χ1n) is 19.8. The molecule has 316 valence electrons. The van der Waals surface area contributed by atoms with Crippen LogP contribution < -0.4 is 26.9 Å². The molecule has 2 saturated heterocycles. The van der Waals surface area contributed by atoms with Crippen LogP contribution in [0.5, 0.6) is 0 Å². The Morgan fingerprint density at radius 3 is 2.41 bits per heavy atom. The van der Waals surface area contributed by atoms with E-state index in [-0.39, 0.29) is 77.8 Å². The molecule has 0 radical (unpaired) electrons. The standard InChI is InChI=1S/C41H51F2N7O6.2ClH/c1-4-28-21-29(8-7-26(28)2)44-34-23-35(51)49(41(54)45-34)12-6-5-11-47-13-14-48(24-27(47)3)38-33(42)22-31-37(36(38)43)50(30-9-10-30)25-32(39(31)52)40(53)56-20-17-46-15-18-55-19-16-46;;/h7-8,21-23,25,27,30,44H,4-6,9-20,24H2,1-3H3,(H,45,54);2*1H. The third-order valence-electron chi connectivity index (χ3n) is 11.3. The molecule has 3 aliphatic rings. The van der Waals surface area contributed by atoms with Crippen molar-refractivity contribution in [2.45, 2.75) is 71.5 Å². The minimum atomic E-state index is -0.852. The molecule has 4 aromatic rings. The molecule has 4 heterocycles. The van der Waals surface area contributed by atoms with Crippen LogP contribution in [-0.2, 0) is 22.4 Å². The van der Waals surface area contributed by atoms with Gasteiger partial charge in [0.25, 0.3) is 5.56 Å². The fourth-order valence-electron chi connectivity index (χ4n) is 7.88. The van der Waals surface area contributed by atoms with Gasteiger partial charge in [-0.3, -0.25) is 28.9 Å². The number of aryl methyl sites for hydroxylation is 2. The van der Waals surface area contributed by atoms with Gasteiger partial charge in [-0.05, 0) is 81.8 Å². The number of unbranched alkanes of at least 4 members (excludes halogenated alkanes) is 1. The Labute approximate surface area is 348 Å². The number of rotatable bonds is 14. The van der Waals surface area contributed by atoms with Crippen LogP contribution in [0, 0.1) is 18.6 Å². The number of hydrogen-bond donors (Lipinski definition) is 2. The van der Waals surface area contributed by atoms with Gasteiger partial charge in [-0.1, -0.05) is 13.0 Å². The summed E-state index contributed by atoms with van der Waals surface area (Å²) in [6.45, 7) is 11.6. The number of anilines is 3. The number of fused-ring (bicyclic) bond motifs is 1. The molecule has 2 aliphatic heterocycles. The van der Waals surface area contributed by atoms with Crippen molar-refractivity contribution in [3.8, 4) is 0 Å². The number of pyridine rings is 1. The van der Waals surface area contributed by atoms with E-state index in [0.717, 1.165) is 44.1 Å². The predicted octanol–water partition coefficient (Wildman–Crippen LogP) is 5.40. The number of morpholine rings is 1. The van der Waals surface area contributed by atoms with Crippen molar-refractivity contribution in [1.82, 2.24) is 23.9 Å². The SMILES string of the molecule is CCc1cc(Nc2cc(=O)n(CCCCN3CCN(c4c(F)cc5c(=O)c(C(=O)OCCN6CCOCC6)cn(C6CC6)c5c4F)CC3C)c(=O)[nH]2)ccc1C.Cl.Cl. The summed E-state index contributed by atoms with van der Waals surface area (Å²) in [5, 5.41) is 2.96. The third kappa shape index (κ3) is 9.94. The number of benzene rings is 2. The van der Waals surface area contributed by atoms with Crippen molar-refractivity contribution in [2.24, 2.45) is 0 Å². The number of aromatic nitrogens is 3. The Bertz CT molecular complexity index is 2240. The summed E-state index contributed by atoms with van der Waals surface area (Å²) < 4.78 is 46.0. The second-order valence-corrected chi connectivity index (χ2v) is 15.2. The highest BCUT2D eigenvalue weighted by Gasteiger charge is 2.33. The smallest absolute Gasteiger partial charge is 0.343 e. The summed E-state index contributed by atoms with van der Waals surface area (Å²) in [7, 11) is 0. The first kappa shape index (κ1) is 44.8. The fourth-order valence-corrected chi connectivity index (χ4v) is 7.88. The minimum absolute atomic E-state index is 0. The summed E-state index contributed by atoms with van der Waals surface area (Å²) in [6.07, 6.45) is 5.07. The number of nitrogens with one attached hydrogen (secondary N) is 2. The van der Waals surface area contributed by atoms with Gasteiger partial charge in [-0.15, -0.1) is 24.8 Å². The fraction of sp³-hybridized carbons (Fsp3) is 0.512. The summed E-state index contributed by atoms with van der Waals surface area (Å²) in [5.74, 6) is -2.13. The zero-order valence-electron chi connectivity index (χ0n) is 33.2. The van der Waals surface area contributed by atoms with Crippen molar-refractivity contribution >= 4 is 58.9 Å². The van der Waals surface area contributed by atoms with E-state index in [1.54, 1.807) is 9.47 Å². The molecule has 1 aliphatic carbocycles. The normalized spacial score (nSPS) is 17.5. The number of halogens is 4. The Balaban J connectivity index is 0.00000320. The maximum atomic E-state index is 16.5. The number of carbonyl (C=O) groups excluding carboxylic acids is 1. The number of nitrogens with zero attached hydrogens (tertiary/aromatic N) is 5. The molecule has 17 heteroatoms. The molecule has 0 bridgehead atoms.